The standard InChI is InChI=1S/C21H35N3O3.HI/c1-6-22-19(23-15-20(2,3)26-5)24-16-21(11-13-27-14-12-21)17-7-9-18(25-4)10-8-17;/h7-10H,6,11-16H2,1-5H3,(H2,22,23,24);1H. The van der Waals surface area contributed by atoms with E-state index >= 15 is 0 Å². The van der Waals surface area contributed by atoms with Gasteiger partial charge in [-0.3, -0.25) is 4.99 Å². The van der Waals surface area contributed by atoms with Crippen molar-refractivity contribution in [3.8, 4) is 5.75 Å². The number of hydrogen-bond acceptors (Lipinski definition) is 4. The molecule has 1 saturated heterocycles. The number of ether oxygens (including phenoxy) is 3. The van der Waals surface area contributed by atoms with Gasteiger partial charge in [-0.15, -0.1) is 24.0 Å². The van der Waals surface area contributed by atoms with Crippen LogP contribution in [0.15, 0.2) is 29.3 Å². The Balaban J connectivity index is 0.00000392. The molecule has 0 saturated carbocycles. The predicted octanol–water partition coefficient (Wildman–Crippen LogP) is 3.34. The molecule has 0 aliphatic carbocycles. The first-order valence-electron chi connectivity index (χ1n) is 9.74. The average Bonchev–Trinajstić information content (AvgIpc) is 2.71. The van der Waals surface area contributed by atoms with Crippen molar-refractivity contribution in [1.29, 1.82) is 0 Å². The van der Waals surface area contributed by atoms with E-state index in [-0.39, 0.29) is 35.0 Å². The molecule has 0 aromatic heterocycles. The topological polar surface area (TPSA) is 64.1 Å². The third kappa shape index (κ3) is 7.08. The number of aliphatic imine (C=N–C) groups is 1. The lowest BCUT2D eigenvalue weighted by Crippen LogP contribution is -2.48. The molecule has 2 rings (SSSR count). The highest BCUT2D eigenvalue weighted by Crippen LogP contribution is 2.35. The van der Waals surface area contributed by atoms with Crippen molar-refractivity contribution in [2.45, 2.75) is 44.6 Å². The number of nitrogens with one attached hydrogen (secondary N) is 2. The van der Waals surface area contributed by atoms with E-state index in [1.807, 2.05) is 26.0 Å². The molecular formula is C21H36IN3O3. The minimum Gasteiger partial charge on any atom is -0.497 e. The Hall–Kier alpha value is -1.06. The highest BCUT2D eigenvalue weighted by molar-refractivity contribution is 14.0. The van der Waals surface area contributed by atoms with E-state index in [4.69, 9.17) is 19.2 Å². The van der Waals surface area contributed by atoms with Gasteiger partial charge in [-0.05, 0) is 51.3 Å². The van der Waals surface area contributed by atoms with Crippen LogP contribution in [0.3, 0.4) is 0 Å². The first-order valence-corrected chi connectivity index (χ1v) is 9.74. The molecule has 0 atom stereocenters. The summed E-state index contributed by atoms with van der Waals surface area (Å²) in [6.07, 6.45) is 1.96. The first-order chi connectivity index (χ1) is 12.9. The first kappa shape index (κ1) is 25.0. The van der Waals surface area contributed by atoms with Gasteiger partial charge >= 0.3 is 0 Å². The fourth-order valence-electron chi connectivity index (χ4n) is 3.20. The van der Waals surface area contributed by atoms with Crippen LogP contribution in [0.1, 0.15) is 39.2 Å². The summed E-state index contributed by atoms with van der Waals surface area (Å²) in [5.41, 5.74) is 1.05. The highest BCUT2D eigenvalue weighted by atomic mass is 127. The van der Waals surface area contributed by atoms with Crippen LogP contribution in [0.4, 0.5) is 0 Å². The molecule has 28 heavy (non-hydrogen) atoms. The van der Waals surface area contributed by atoms with Gasteiger partial charge in [0.1, 0.15) is 5.75 Å². The molecule has 2 N–H and O–H groups in total. The number of benzene rings is 1. The van der Waals surface area contributed by atoms with E-state index in [1.165, 1.54) is 5.56 Å². The molecule has 0 radical (unpaired) electrons. The summed E-state index contributed by atoms with van der Waals surface area (Å²) in [5, 5.41) is 6.89. The lowest BCUT2D eigenvalue weighted by Gasteiger charge is -2.38. The third-order valence-corrected chi connectivity index (χ3v) is 5.26. The predicted molar refractivity (Wildman–Crippen MR) is 125 cm³/mol. The van der Waals surface area contributed by atoms with Crippen LogP contribution < -0.4 is 15.4 Å². The van der Waals surface area contributed by atoms with Crippen molar-refractivity contribution in [3.63, 3.8) is 0 Å². The van der Waals surface area contributed by atoms with Crippen LogP contribution in [0, 0.1) is 0 Å². The summed E-state index contributed by atoms with van der Waals surface area (Å²) in [7, 11) is 3.41. The summed E-state index contributed by atoms with van der Waals surface area (Å²) in [6.45, 7) is 9.93. The molecule has 1 aromatic carbocycles. The SMILES string of the molecule is CCNC(=NCC(C)(C)OC)NCC1(c2ccc(OC)cc2)CCOCC1.I. The van der Waals surface area contributed by atoms with Gasteiger partial charge in [0.25, 0.3) is 0 Å². The zero-order valence-electron chi connectivity index (χ0n) is 17.8. The van der Waals surface area contributed by atoms with E-state index < -0.39 is 0 Å². The molecule has 0 amide bonds. The minimum atomic E-state index is -0.283. The number of nitrogens with zero attached hydrogens (tertiary/aromatic N) is 1. The Bertz CT molecular complexity index is 599. The lowest BCUT2D eigenvalue weighted by atomic mass is 9.74. The van der Waals surface area contributed by atoms with Gasteiger partial charge in [0.2, 0.25) is 0 Å². The zero-order valence-corrected chi connectivity index (χ0v) is 20.2. The van der Waals surface area contributed by atoms with E-state index in [0.29, 0.717) is 6.54 Å². The Labute approximate surface area is 186 Å². The molecule has 0 spiro atoms. The second-order valence-corrected chi connectivity index (χ2v) is 7.63. The number of rotatable bonds is 8. The van der Waals surface area contributed by atoms with E-state index in [9.17, 15) is 0 Å². The van der Waals surface area contributed by atoms with Crippen LogP contribution in [-0.2, 0) is 14.9 Å². The van der Waals surface area contributed by atoms with Gasteiger partial charge in [-0.2, -0.15) is 0 Å². The molecule has 1 heterocycles. The molecule has 1 aliphatic heterocycles. The minimum absolute atomic E-state index is 0. The fourth-order valence-corrected chi connectivity index (χ4v) is 3.20. The van der Waals surface area contributed by atoms with Gasteiger partial charge in [-0.25, -0.2) is 0 Å². The van der Waals surface area contributed by atoms with Gasteiger partial charge < -0.3 is 24.8 Å². The Morgan fingerprint density at radius 2 is 1.79 bits per heavy atom. The van der Waals surface area contributed by atoms with E-state index in [0.717, 1.165) is 50.9 Å². The molecule has 1 aromatic rings. The Morgan fingerprint density at radius 1 is 1.14 bits per heavy atom. The molecular weight excluding hydrogens is 469 g/mol. The van der Waals surface area contributed by atoms with Gasteiger partial charge in [0.15, 0.2) is 5.96 Å². The summed E-state index contributed by atoms with van der Waals surface area (Å²) in [4.78, 5) is 4.71. The maximum absolute atomic E-state index is 5.64. The Kier molecular flexibility index (Phi) is 10.5. The van der Waals surface area contributed by atoms with Gasteiger partial charge in [0.05, 0.1) is 19.3 Å². The van der Waals surface area contributed by atoms with Crippen molar-refractivity contribution < 1.29 is 14.2 Å². The van der Waals surface area contributed by atoms with Crippen molar-refractivity contribution in [1.82, 2.24) is 10.6 Å². The molecule has 0 bridgehead atoms. The maximum Gasteiger partial charge on any atom is 0.191 e. The second-order valence-electron chi connectivity index (χ2n) is 7.63. The zero-order chi connectivity index (χ0) is 19.8. The van der Waals surface area contributed by atoms with Crippen LogP contribution in [0.5, 0.6) is 5.75 Å². The molecule has 7 heteroatoms. The average molecular weight is 505 g/mol. The van der Waals surface area contributed by atoms with Crippen LogP contribution in [0.2, 0.25) is 0 Å². The van der Waals surface area contributed by atoms with Crippen LogP contribution >= 0.6 is 24.0 Å². The summed E-state index contributed by atoms with van der Waals surface area (Å²) in [5.74, 6) is 1.70. The summed E-state index contributed by atoms with van der Waals surface area (Å²) < 4.78 is 16.4. The van der Waals surface area contributed by atoms with Crippen molar-refractivity contribution in [3.05, 3.63) is 29.8 Å². The molecule has 1 aliphatic rings. The summed E-state index contributed by atoms with van der Waals surface area (Å²) >= 11 is 0. The normalized spacial score (nSPS) is 16.8. The maximum atomic E-state index is 5.64. The number of methoxy groups -OCH3 is 2. The highest BCUT2D eigenvalue weighted by Gasteiger charge is 2.34. The van der Waals surface area contributed by atoms with E-state index in [1.54, 1.807) is 14.2 Å². The molecule has 0 unspecified atom stereocenters. The number of guanidine groups is 1. The van der Waals surface area contributed by atoms with Crippen LogP contribution in [-0.4, -0.2) is 58.6 Å². The van der Waals surface area contributed by atoms with Crippen molar-refractivity contribution in [2.75, 3.05) is 47.1 Å². The molecule has 160 valence electrons. The van der Waals surface area contributed by atoms with Gasteiger partial charge in [0, 0.05) is 38.8 Å². The van der Waals surface area contributed by atoms with Gasteiger partial charge in [-0.1, -0.05) is 12.1 Å². The third-order valence-electron chi connectivity index (χ3n) is 5.26. The Morgan fingerprint density at radius 3 is 2.32 bits per heavy atom. The molecule has 6 nitrogen and oxygen atoms in total. The summed E-state index contributed by atoms with van der Waals surface area (Å²) in [6, 6.07) is 8.41. The smallest absolute Gasteiger partial charge is 0.191 e. The monoisotopic (exact) mass is 505 g/mol. The van der Waals surface area contributed by atoms with E-state index in [2.05, 4.69) is 29.7 Å². The second kappa shape index (κ2) is 11.8. The quantitative estimate of drug-likeness (QED) is 0.323. The lowest BCUT2D eigenvalue weighted by molar-refractivity contribution is 0.0310. The fraction of sp³-hybridized carbons (Fsp3) is 0.667. The number of halogens is 1. The van der Waals surface area contributed by atoms with Crippen molar-refractivity contribution in [2.24, 2.45) is 4.99 Å². The van der Waals surface area contributed by atoms with Crippen molar-refractivity contribution >= 4 is 29.9 Å². The molecule has 1 fully saturated rings. The largest absolute Gasteiger partial charge is 0.497 e. The number of hydrogen-bond donors (Lipinski definition) is 2. The van der Waals surface area contributed by atoms with Crippen LogP contribution in [0.25, 0.3) is 0 Å².